The maximum Gasteiger partial charge on any atom is 0.226 e. The van der Waals surface area contributed by atoms with E-state index in [1.165, 1.54) is 12.8 Å². The van der Waals surface area contributed by atoms with Crippen LogP contribution in [-0.4, -0.2) is 22.5 Å². The number of amides is 1. The summed E-state index contributed by atoms with van der Waals surface area (Å²) in [4.78, 5) is 14.5. The Morgan fingerprint density at radius 3 is 2.78 bits per heavy atom. The molecule has 0 bridgehead atoms. The minimum absolute atomic E-state index is 0.124. The van der Waals surface area contributed by atoms with Crippen LogP contribution in [0.3, 0.4) is 0 Å². The molecule has 0 aromatic carbocycles. The molecule has 1 saturated carbocycles. The van der Waals surface area contributed by atoms with E-state index in [-0.39, 0.29) is 12.0 Å². The van der Waals surface area contributed by atoms with Crippen LogP contribution in [0, 0.1) is 12.8 Å². The fourth-order valence-electron chi connectivity index (χ4n) is 3.27. The van der Waals surface area contributed by atoms with Gasteiger partial charge in [0.1, 0.15) is 0 Å². The number of carbonyl (C=O) groups is 1. The summed E-state index contributed by atoms with van der Waals surface area (Å²) < 4.78 is 5.35. The summed E-state index contributed by atoms with van der Waals surface area (Å²) in [6, 6.07) is 2.09. The fraction of sp³-hybridized carbons (Fsp3) is 0.714. The Morgan fingerprint density at radius 1 is 1.33 bits per heavy atom. The standard InChI is InChI=1S/C14H20N2O2/c1-10-9-13(18-15-10)12-7-4-8-16(12)14(17)11-5-2-3-6-11/h9,11-12H,2-8H2,1H3/t12-/m0/s1. The molecular formula is C14H20N2O2. The molecule has 3 rings (SSSR count). The molecule has 0 spiro atoms. The molecule has 4 nitrogen and oxygen atoms in total. The van der Waals surface area contributed by atoms with Gasteiger partial charge in [0.15, 0.2) is 5.76 Å². The zero-order valence-electron chi connectivity index (χ0n) is 10.9. The molecule has 0 unspecified atom stereocenters. The first kappa shape index (κ1) is 11.8. The first-order chi connectivity index (χ1) is 8.75. The highest BCUT2D eigenvalue weighted by Crippen LogP contribution is 2.36. The van der Waals surface area contributed by atoms with Gasteiger partial charge in [-0.05, 0) is 32.6 Å². The van der Waals surface area contributed by atoms with Crippen molar-refractivity contribution >= 4 is 5.91 Å². The zero-order chi connectivity index (χ0) is 12.5. The number of carbonyl (C=O) groups excluding carboxylic acids is 1. The van der Waals surface area contributed by atoms with Gasteiger partial charge < -0.3 is 9.42 Å². The van der Waals surface area contributed by atoms with Crippen LogP contribution in [0.15, 0.2) is 10.6 Å². The summed E-state index contributed by atoms with van der Waals surface area (Å²) in [5.41, 5.74) is 0.894. The predicted octanol–water partition coefficient (Wildman–Crippen LogP) is 2.84. The molecule has 1 saturated heterocycles. The predicted molar refractivity (Wildman–Crippen MR) is 66.9 cm³/mol. The lowest BCUT2D eigenvalue weighted by Crippen LogP contribution is -2.34. The maximum absolute atomic E-state index is 12.5. The number of nitrogens with zero attached hydrogens (tertiary/aromatic N) is 2. The Balaban J connectivity index is 1.76. The van der Waals surface area contributed by atoms with E-state index in [1.54, 1.807) is 0 Å². The zero-order valence-corrected chi connectivity index (χ0v) is 10.9. The molecule has 98 valence electrons. The van der Waals surface area contributed by atoms with E-state index < -0.39 is 0 Å². The highest BCUT2D eigenvalue weighted by molar-refractivity contribution is 5.79. The van der Waals surface area contributed by atoms with Gasteiger partial charge in [0.05, 0.1) is 11.7 Å². The van der Waals surface area contributed by atoms with Gasteiger partial charge in [0.2, 0.25) is 5.91 Å². The number of rotatable bonds is 2. The molecular weight excluding hydrogens is 228 g/mol. The Bertz CT molecular complexity index is 435. The van der Waals surface area contributed by atoms with Crippen LogP contribution in [0.2, 0.25) is 0 Å². The summed E-state index contributed by atoms with van der Waals surface area (Å²) >= 11 is 0. The van der Waals surface area contributed by atoms with Crippen molar-refractivity contribution in [3.63, 3.8) is 0 Å². The fourth-order valence-corrected chi connectivity index (χ4v) is 3.27. The van der Waals surface area contributed by atoms with E-state index in [0.717, 1.165) is 43.7 Å². The molecule has 1 amide bonds. The van der Waals surface area contributed by atoms with Gasteiger partial charge >= 0.3 is 0 Å². The van der Waals surface area contributed by atoms with E-state index >= 15 is 0 Å². The molecule has 0 radical (unpaired) electrons. The molecule has 2 fully saturated rings. The maximum atomic E-state index is 12.5. The summed E-state index contributed by atoms with van der Waals surface area (Å²) in [5, 5.41) is 3.94. The molecule has 1 aliphatic heterocycles. The average Bonchev–Trinajstić information content (AvgIpc) is 3.09. The third-order valence-corrected chi connectivity index (χ3v) is 4.21. The smallest absolute Gasteiger partial charge is 0.226 e. The van der Waals surface area contributed by atoms with Crippen LogP contribution in [0.5, 0.6) is 0 Å². The van der Waals surface area contributed by atoms with Gasteiger partial charge in [-0.15, -0.1) is 0 Å². The van der Waals surface area contributed by atoms with E-state index in [2.05, 4.69) is 5.16 Å². The van der Waals surface area contributed by atoms with Gasteiger partial charge in [0.25, 0.3) is 0 Å². The van der Waals surface area contributed by atoms with Gasteiger partial charge in [-0.2, -0.15) is 0 Å². The van der Waals surface area contributed by atoms with E-state index in [0.29, 0.717) is 5.91 Å². The van der Waals surface area contributed by atoms with Crippen LogP contribution >= 0.6 is 0 Å². The van der Waals surface area contributed by atoms with Gasteiger partial charge in [0, 0.05) is 18.5 Å². The quantitative estimate of drug-likeness (QED) is 0.808. The van der Waals surface area contributed by atoms with Gasteiger partial charge in [-0.25, -0.2) is 0 Å². The van der Waals surface area contributed by atoms with Crippen molar-refractivity contribution < 1.29 is 9.32 Å². The number of aryl methyl sites for hydroxylation is 1. The minimum Gasteiger partial charge on any atom is -0.359 e. The van der Waals surface area contributed by atoms with E-state index in [4.69, 9.17) is 4.52 Å². The van der Waals surface area contributed by atoms with Gasteiger partial charge in [-0.3, -0.25) is 4.79 Å². The Hall–Kier alpha value is -1.32. The molecule has 4 heteroatoms. The van der Waals surface area contributed by atoms with Crippen LogP contribution in [-0.2, 0) is 4.79 Å². The third-order valence-electron chi connectivity index (χ3n) is 4.21. The van der Waals surface area contributed by atoms with Crippen LogP contribution in [0.1, 0.15) is 56.0 Å². The van der Waals surface area contributed by atoms with E-state index in [9.17, 15) is 4.79 Å². The minimum atomic E-state index is 0.124. The van der Waals surface area contributed by atoms with Crippen molar-refractivity contribution in [1.82, 2.24) is 10.1 Å². The molecule has 0 N–H and O–H groups in total. The Labute approximate surface area is 107 Å². The van der Waals surface area contributed by atoms with Crippen molar-refractivity contribution in [1.29, 1.82) is 0 Å². The first-order valence-corrected chi connectivity index (χ1v) is 6.99. The van der Waals surface area contributed by atoms with Crippen LogP contribution in [0.4, 0.5) is 0 Å². The lowest BCUT2D eigenvalue weighted by atomic mass is 10.1. The molecule has 18 heavy (non-hydrogen) atoms. The molecule has 1 aromatic rings. The van der Waals surface area contributed by atoms with Crippen molar-refractivity contribution in [3.8, 4) is 0 Å². The summed E-state index contributed by atoms with van der Waals surface area (Å²) in [5.74, 6) is 1.45. The lowest BCUT2D eigenvalue weighted by Gasteiger charge is -2.25. The topological polar surface area (TPSA) is 46.3 Å². The normalized spacial score (nSPS) is 24.9. The second kappa shape index (κ2) is 4.75. The summed E-state index contributed by atoms with van der Waals surface area (Å²) in [7, 11) is 0. The molecule has 2 aliphatic rings. The van der Waals surface area contributed by atoms with Crippen molar-refractivity contribution in [2.45, 2.75) is 51.5 Å². The highest BCUT2D eigenvalue weighted by Gasteiger charge is 2.36. The largest absolute Gasteiger partial charge is 0.359 e. The first-order valence-electron chi connectivity index (χ1n) is 6.99. The number of likely N-dealkylation sites (tertiary alicyclic amines) is 1. The summed E-state index contributed by atoms with van der Waals surface area (Å²) in [6.45, 7) is 2.80. The Kier molecular flexibility index (Phi) is 3.10. The monoisotopic (exact) mass is 248 g/mol. The molecule has 1 aliphatic carbocycles. The van der Waals surface area contributed by atoms with E-state index in [1.807, 2.05) is 17.9 Å². The third kappa shape index (κ3) is 2.04. The second-order valence-electron chi connectivity index (χ2n) is 5.54. The highest BCUT2D eigenvalue weighted by atomic mass is 16.5. The van der Waals surface area contributed by atoms with Gasteiger partial charge in [-0.1, -0.05) is 18.0 Å². The van der Waals surface area contributed by atoms with Crippen molar-refractivity contribution in [2.24, 2.45) is 5.92 Å². The second-order valence-corrected chi connectivity index (χ2v) is 5.54. The van der Waals surface area contributed by atoms with Crippen molar-refractivity contribution in [3.05, 3.63) is 17.5 Å². The number of aromatic nitrogens is 1. The molecule has 1 atom stereocenters. The lowest BCUT2D eigenvalue weighted by molar-refractivity contribution is -0.136. The van der Waals surface area contributed by atoms with Crippen molar-refractivity contribution in [2.75, 3.05) is 6.54 Å². The average molecular weight is 248 g/mol. The number of hydrogen-bond donors (Lipinski definition) is 0. The number of hydrogen-bond acceptors (Lipinski definition) is 3. The SMILES string of the molecule is Cc1cc([C@@H]2CCCN2C(=O)C2CCCC2)on1. The molecule has 1 aromatic heterocycles. The Morgan fingerprint density at radius 2 is 2.11 bits per heavy atom. The summed E-state index contributed by atoms with van der Waals surface area (Å²) in [6.07, 6.45) is 6.62. The molecule has 2 heterocycles. The van der Waals surface area contributed by atoms with Crippen LogP contribution < -0.4 is 0 Å². The van der Waals surface area contributed by atoms with Crippen LogP contribution in [0.25, 0.3) is 0 Å².